The molecule has 16 heavy (non-hydrogen) atoms. The van der Waals surface area contributed by atoms with Gasteiger partial charge in [0.15, 0.2) is 0 Å². The molecule has 1 aliphatic heterocycles. The highest BCUT2D eigenvalue weighted by Gasteiger charge is 2.24. The molecule has 0 unspecified atom stereocenters. The van der Waals surface area contributed by atoms with Crippen LogP contribution in [0, 0.1) is 0 Å². The summed E-state index contributed by atoms with van der Waals surface area (Å²) in [6.45, 7) is 6.38. The van der Waals surface area contributed by atoms with Crippen molar-refractivity contribution >= 4 is 6.08 Å². The van der Waals surface area contributed by atoms with Crippen LogP contribution < -0.4 is 0 Å². The molecule has 4 heteroatoms. The second kappa shape index (κ2) is 4.84. The molecule has 0 aromatic heterocycles. The van der Waals surface area contributed by atoms with E-state index in [4.69, 9.17) is 5.53 Å². The van der Waals surface area contributed by atoms with E-state index in [0.717, 1.165) is 25.2 Å². The molecule has 82 valence electrons. The molecule has 0 amide bonds. The van der Waals surface area contributed by atoms with Gasteiger partial charge in [-0.1, -0.05) is 42.0 Å². The quantitative estimate of drug-likeness (QED) is 0.432. The minimum absolute atomic E-state index is 0.164. The Labute approximate surface area is 94.8 Å². The van der Waals surface area contributed by atoms with E-state index in [1.165, 1.54) is 5.56 Å². The molecule has 0 aliphatic carbocycles. The van der Waals surface area contributed by atoms with E-state index in [1.54, 1.807) is 0 Å². The Hall–Kier alpha value is -1.77. The van der Waals surface area contributed by atoms with Gasteiger partial charge in [0.1, 0.15) is 0 Å². The number of hydrogen-bond acceptors (Lipinski definition) is 2. The first-order chi connectivity index (χ1) is 7.81. The van der Waals surface area contributed by atoms with Crippen LogP contribution in [0.2, 0.25) is 0 Å². The third-order valence-corrected chi connectivity index (χ3v) is 2.77. The normalized spacial score (nSPS) is 16.2. The molecular formula is C12H14N4. The van der Waals surface area contributed by atoms with Gasteiger partial charge in [-0.15, -0.1) is 0 Å². The monoisotopic (exact) mass is 214 g/mol. The Bertz CT molecular complexity index is 411. The SMILES string of the molecule is C=Cc1ccc(CN2CC(N=[N+]=[N-])C2)cc1. The largest absolute Gasteiger partial charge is 0.298 e. The standard InChI is InChI=1S/C12H14N4/c1-2-10-3-5-11(6-4-10)7-16-8-12(9-16)14-15-13/h2-6,12H,1,7-9H2. The summed E-state index contributed by atoms with van der Waals surface area (Å²) in [6.07, 6.45) is 1.84. The summed E-state index contributed by atoms with van der Waals surface area (Å²) in [6, 6.07) is 8.51. The van der Waals surface area contributed by atoms with Crippen LogP contribution in [-0.2, 0) is 6.54 Å². The minimum Gasteiger partial charge on any atom is -0.298 e. The van der Waals surface area contributed by atoms with Crippen molar-refractivity contribution in [2.75, 3.05) is 13.1 Å². The molecular weight excluding hydrogens is 200 g/mol. The van der Waals surface area contributed by atoms with Gasteiger partial charge in [-0.25, -0.2) is 0 Å². The van der Waals surface area contributed by atoms with E-state index < -0.39 is 0 Å². The number of benzene rings is 1. The lowest BCUT2D eigenvalue weighted by atomic mass is 10.1. The van der Waals surface area contributed by atoms with Gasteiger partial charge in [-0.3, -0.25) is 4.90 Å². The summed E-state index contributed by atoms with van der Waals surface area (Å²) in [4.78, 5) is 5.08. The van der Waals surface area contributed by atoms with E-state index in [1.807, 2.05) is 6.08 Å². The first-order valence-electron chi connectivity index (χ1n) is 5.30. The molecule has 0 bridgehead atoms. The van der Waals surface area contributed by atoms with Crippen molar-refractivity contribution in [3.8, 4) is 0 Å². The van der Waals surface area contributed by atoms with E-state index in [0.29, 0.717) is 0 Å². The molecule has 1 heterocycles. The maximum atomic E-state index is 8.27. The van der Waals surface area contributed by atoms with Gasteiger partial charge in [0, 0.05) is 24.5 Å². The van der Waals surface area contributed by atoms with Crippen molar-refractivity contribution in [2.45, 2.75) is 12.6 Å². The first-order valence-corrected chi connectivity index (χ1v) is 5.30. The molecule has 1 saturated heterocycles. The van der Waals surface area contributed by atoms with E-state index in [-0.39, 0.29) is 6.04 Å². The van der Waals surface area contributed by atoms with Gasteiger partial charge >= 0.3 is 0 Å². The van der Waals surface area contributed by atoms with Crippen molar-refractivity contribution in [1.82, 2.24) is 4.90 Å². The zero-order valence-corrected chi connectivity index (χ0v) is 9.08. The Kier molecular flexibility index (Phi) is 3.25. The first kappa shape index (κ1) is 10.7. The zero-order valence-electron chi connectivity index (χ0n) is 9.08. The number of rotatable bonds is 4. The molecule has 1 aromatic carbocycles. The van der Waals surface area contributed by atoms with Gasteiger partial charge in [-0.2, -0.15) is 0 Å². The number of hydrogen-bond donors (Lipinski definition) is 0. The molecule has 0 saturated carbocycles. The summed E-state index contributed by atoms with van der Waals surface area (Å²) < 4.78 is 0. The van der Waals surface area contributed by atoms with Crippen molar-refractivity contribution in [3.05, 3.63) is 52.4 Å². The fourth-order valence-electron chi connectivity index (χ4n) is 1.84. The van der Waals surface area contributed by atoms with Crippen LogP contribution in [0.1, 0.15) is 11.1 Å². The van der Waals surface area contributed by atoms with Crippen molar-refractivity contribution in [1.29, 1.82) is 0 Å². The van der Waals surface area contributed by atoms with Gasteiger partial charge in [-0.05, 0) is 16.7 Å². The summed E-state index contributed by atoms with van der Waals surface area (Å²) >= 11 is 0. The highest BCUT2D eigenvalue weighted by molar-refractivity contribution is 5.47. The van der Waals surface area contributed by atoms with E-state index >= 15 is 0 Å². The second-order valence-corrected chi connectivity index (χ2v) is 4.00. The topological polar surface area (TPSA) is 52.0 Å². The third kappa shape index (κ3) is 2.42. The highest BCUT2D eigenvalue weighted by Crippen LogP contribution is 2.16. The molecule has 0 N–H and O–H groups in total. The summed E-state index contributed by atoms with van der Waals surface area (Å²) in [5.74, 6) is 0. The molecule has 1 aromatic rings. The summed E-state index contributed by atoms with van der Waals surface area (Å²) in [7, 11) is 0. The average Bonchev–Trinajstić information content (AvgIpc) is 2.27. The lowest BCUT2D eigenvalue weighted by molar-refractivity contribution is 0.142. The third-order valence-electron chi connectivity index (χ3n) is 2.77. The van der Waals surface area contributed by atoms with Crippen LogP contribution in [0.5, 0.6) is 0 Å². The van der Waals surface area contributed by atoms with Gasteiger partial charge in [0.05, 0.1) is 6.04 Å². The molecule has 1 aliphatic rings. The molecule has 0 atom stereocenters. The Morgan fingerprint density at radius 1 is 1.44 bits per heavy atom. The highest BCUT2D eigenvalue weighted by atomic mass is 15.3. The van der Waals surface area contributed by atoms with Crippen molar-refractivity contribution < 1.29 is 0 Å². The zero-order chi connectivity index (χ0) is 11.4. The van der Waals surface area contributed by atoms with Crippen molar-refractivity contribution in [2.24, 2.45) is 5.11 Å². The van der Waals surface area contributed by atoms with E-state index in [2.05, 4.69) is 45.8 Å². The fraction of sp³-hybridized carbons (Fsp3) is 0.333. The minimum atomic E-state index is 0.164. The van der Waals surface area contributed by atoms with Gasteiger partial charge < -0.3 is 0 Å². The average molecular weight is 214 g/mol. The van der Waals surface area contributed by atoms with E-state index in [9.17, 15) is 0 Å². The Morgan fingerprint density at radius 3 is 2.69 bits per heavy atom. The lowest BCUT2D eigenvalue weighted by Gasteiger charge is -2.36. The predicted octanol–water partition coefficient (Wildman–Crippen LogP) is 2.82. The second-order valence-electron chi connectivity index (χ2n) is 4.00. The van der Waals surface area contributed by atoms with Crippen LogP contribution in [0.15, 0.2) is 36.0 Å². The Morgan fingerprint density at radius 2 is 2.12 bits per heavy atom. The van der Waals surface area contributed by atoms with Gasteiger partial charge in [0.25, 0.3) is 0 Å². The van der Waals surface area contributed by atoms with Crippen LogP contribution in [-0.4, -0.2) is 24.0 Å². The molecule has 0 radical (unpaired) electrons. The lowest BCUT2D eigenvalue weighted by Crippen LogP contribution is -2.48. The maximum absolute atomic E-state index is 8.27. The smallest absolute Gasteiger partial charge is 0.0628 e. The van der Waals surface area contributed by atoms with Crippen LogP contribution in [0.3, 0.4) is 0 Å². The molecule has 4 nitrogen and oxygen atoms in total. The van der Waals surface area contributed by atoms with Crippen LogP contribution in [0.25, 0.3) is 16.5 Å². The number of likely N-dealkylation sites (tertiary alicyclic amines) is 1. The van der Waals surface area contributed by atoms with Crippen LogP contribution in [0.4, 0.5) is 0 Å². The van der Waals surface area contributed by atoms with Gasteiger partial charge in [0.2, 0.25) is 0 Å². The molecule has 1 fully saturated rings. The number of nitrogens with zero attached hydrogens (tertiary/aromatic N) is 4. The fourth-order valence-corrected chi connectivity index (χ4v) is 1.84. The summed E-state index contributed by atoms with van der Waals surface area (Å²) in [5, 5.41) is 3.67. The Balaban J connectivity index is 1.86. The predicted molar refractivity (Wildman–Crippen MR) is 64.7 cm³/mol. The summed E-state index contributed by atoms with van der Waals surface area (Å²) in [5.41, 5.74) is 10.7. The number of azide groups is 1. The molecule has 2 rings (SSSR count). The van der Waals surface area contributed by atoms with Crippen molar-refractivity contribution in [3.63, 3.8) is 0 Å². The van der Waals surface area contributed by atoms with Crippen LogP contribution >= 0.6 is 0 Å². The molecule has 0 spiro atoms. The maximum Gasteiger partial charge on any atom is 0.0628 e.